The average molecular weight is 386 g/mol. The van der Waals surface area contributed by atoms with Crippen LogP contribution in [-0.4, -0.2) is 43.9 Å². The zero-order valence-corrected chi connectivity index (χ0v) is 15.5. The third-order valence-corrected chi connectivity index (χ3v) is 5.00. The number of morpholine rings is 1. The number of ether oxygens (including phenoxy) is 1. The topological polar surface area (TPSA) is 59.7 Å². The Hall–Kier alpha value is -2.87. The Morgan fingerprint density at radius 3 is 2.75 bits per heavy atom. The maximum Gasteiger partial charge on any atom is 0.282 e. The number of aromatic nitrogens is 3. The number of hydrogen-bond acceptors (Lipinski definition) is 4. The highest BCUT2D eigenvalue weighted by molar-refractivity contribution is 5.95. The maximum atomic E-state index is 13.6. The molecule has 6 nitrogen and oxygen atoms in total. The number of carbonyl (C=O) groups is 1. The van der Waals surface area contributed by atoms with E-state index in [4.69, 9.17) is 4.74 Å². The van der Waals surface area contributed by atoms with Crippen LogP contribution in [0.3, 0.4) is 0 Å². The summed E-state index contributed by atoms with van der Waals surface area (Å²) in [6.45, 7) is 4.27. The molecule has 0 N–H and O–H groups in total. The second-order valence-electron chi connectivity index (χ2n) is 7.39. The van der Waals surface area contributed by atoms with Crippen molar-refractivity contribution in [3.05, 3.63) is 65.9 Å². The van der Waals surface area contributed by atoms with Crippen molar-refractivity contribution in [1.82, 2.24) is 19.3 Å². The third-order valence-electron chi connectivity index (χ3n) is 5.00. The lowest BCUT2D eigenvalue weighted by Crippen LogP contribution is -2.56. The van der Waals surface area contributed by atoms with Gasteiger partial charge in [0.15, 0.2) is 5.65 Å². The molecular weight excluding hydrogens is 366 g/mol. The molecule has 4 rings (SSSR count). The highest BCUT2D eigenvalue weighted by Gasteiger charge is 2.41. The minimum atomic E-state index is -2.87. The largest absolute Gasteiger partial charge is 0.369 e. The third kappa shape index (κ3) is 3.13. The van der Waals surface area contributed by atoms with Gasteiger partial charge in [0.25, 0.3) is 12.3 Å². The molecule has 0 bridgehead atoms. The summed E-state index contributed by atoms with van der Waals surface area (Å²) in [6.07, 6.45) is 1.09. The van der Waals surface area contributed by atoms with Gasteiger partial charge in [-0.2, -0.15) is 0 Å². The lowest BCUT2D eigenvalue weighted by atomic mass is 9.97. The molecule has 8 heteroatoms. The summed E-state index contributed by atoms with van der Waals surface area (Å²) in [5, 5.41) is 0. The fraction of sp³-hybridized carbons (Fsp3) is 0.350. The highest BCUT2D eigenvalue weighted by Crippen LogP contribution is 2.33. The van der Waals surface area contributed by atoms with Crippen LogP contribution in [0.25, 0.3) is 5.65 Å². The van der Waals surface area contributed by atoms with Crippen molar-refractivity contribution in [3.63, 3.8) is 0 Å². The van der Waals surface area contributed by atoms with E-state index < -0.39 is 23.6 Å². The quantitative estimate of drug-likeness (QED) is 0.689. The van der Waals surface area contributed by atoms with E-state index in [9.17, 15) is 13.6 Å². The molecule has 0 spiro atoms. The van der Waals surface area contributed by atoms with Crippen LogP contribution in [-0.2, 0) is 4.74 Å². The molecule has 1 saturated heterocycles. The molecule has 1 atom stereocenters. The van der Waals surface area contributed by atoms with Gasteiger partial charge in [0.05, 0.1) is 24.9 Å². The van der Waals surface area contributed by atoms with Gasteiger partial charge in [-0.15, -0.1) is 0 Å². The molecule has 0 radical (unpaired) electrons. The molecular formula is C20H20F2N4O2. The molecule has 1 unspecified atom stereocenters. The normalized spacial score (nSPS) is 19.3. The molecule has 0 saturated carbocycles. The van der Waals surface area contributed by atoms with E-state index in [1.54, 1.807) is 4.90 Å². The van der Waals surface area contributed by atoms with Gasteiger partial charge in [-0.25, -0.2) is 13.8 Å². The van der Waals surface area contributed by atoms with E-state index in [0.717, 1.165) is 5.56 Å². The first-order valence-corrected chi connectivity index (χ1v) is 8.97. The molecule has 3 heterocycles. The second kappa shape index (κ2) is 6.94. The van der Waals surface area contributed by atoms with Gasteiger partial charge in [0, 0.05) is 12.4 Å². The van der Waals surface area contributed by atoms with Gasteiger partial charge in [-0.3, -0.25) is 14.2 Å². The van der Waals surface area contributed by atoms with Crippen LogP contribution in [0.1, 0.15) is 48.1 Å². The summed E-state index contributed by atoms with van der Waals surface area (Å²) < 4.78 is 34.6. The number of hydrogen-bond donors (Lipinski definition) is 0. The van der Waals surface area contributed by atoms with Crippen molar-refractivity contribution in [2.75, 3.05) is 13.2 Å². The van der Waals surface area contributed by atoms with Crippen molar-refractivity contribution >= 4 is 11.6 Å². The second-order valence-corrected chi connectivity index (χ2v) is 7.39. The monoisotopic (exact) mass is 386 g/mol. The average Bonchev–Trinajstić information content (AvgIpc) is 3.08. The van der Waals surface area contributed by atoms with Crippen LogP contribution < -0.4 is 0 Å². The van der Waals surface area contributed by atoms with Gasteiger partial charge in [0.1, 0.15) is 17.5 Å². The number of alkyl halides is 2. The Morgan fingerprint density at radius 1 is 1.29 bits per heavy atom. The molecule has 2 aromatic heterocycles. The highest BCUT2D eigenvalue weighted by atomic mass is 19.3. The molecule has 1 fully saturated rings. The fourth-order valence-corrected chi connectivity index (χ4v) is 3.49. The maximum absolute atomic E-state index is 13.6. The van der Waals surface area contributed by atoms with E-state index >= 15 is 0 Å². The lowest BCUT2D eigenvalue weighted by molar-refractivity contribution is -0.0849. The van der Waals surface area contributed by atoms with Crippen LogP contribution in [0.5, 0.6) is 0 Å². The number of benzene rings is 1. The predicted octanol–water partition coefficient (Wildman–Crippen LogP) is 3.66. The fourth-order valence-electron chi connectivity index (χ4n) is 3.49. The molecule has 1 aliphatic rings. The van der Waals surface area contributed by atoms with Crippen molar-refractivity contribution in [3.8, 4) is 0 Å². The minimum Gasteiger partial charge on any atom is -0.369 e. The predicted molar refractivity (Wildman–Crippen MR) is 98.2 cm³/mol. The van der Waals surface area contributed by atoms with Gasteiger partial charge in [-0.1, -0.05) is 30.3 Å². The zero-order valence-electron chi connectivity index (χ0n) is 15.5. The van der Waals surface area contributed by atoms with E-state index in [2.05, 4.69) is 9.97 Å². The van der Waals surface area contributed by atoms with Gasteiger partial charge < -0.3 is 9.64 Å². The van der Waals surface area contributed by atoms with Crippen LogP contribution in [0.15, 0.2) is 48.9 Å². The summed E-state index contributed by atoms with van der Waals surface area (Å²) in [5.41, 5.74) is -0.163. The van der Waals surface area contributed by atoms with Gasteiger partial charge in [0.2, 0.25) is 0 Å². The molecule has 28 heavy (non-hydrogen) atoms. The first-order valence-electron chi connectivity index (χ1n) is 8.97. The minimum absolute atomic E-state index is 0.130. The van der Waals surface area contributed by atoms with Crippen LogP contribution in [0.2, 0.25) is 0 Å². The molecule has 0 aliphatic carbocycles. The summed E-state index contributed by atoms with van der Waals surface area (Å²) in [5.74, 6) is -0.497. The Labute approximate surface area is 160 Å². The molecule has 1 aliphatic heterocycles. The zero-order chi connectivity index (χ0) is 19.9. The Bertz CT molecular complexity index is 1000. The smallest absolute Gasteiger partial charge is 0.282 e. The molecule has 3 aromatic rings. The molecule has 1 amide bonds. The lowest BCUT2D eigenvalue weighted by Gasteiger charge is -2.45. The molecule has 1 aromatic carbocycles. The van der Waals surface area contributed by atoms with Crippen molar-refractivity contribution in [1.29, 1.82) is 0 Å². The van der Waals surface area contributed by atoms with Gasteiger partial charge in [-0.05, 0) is 19.4 Å². The van der Waals surface area contributed by atoms with Crippen molar-refractivity contribution < 1.29 is 18.3 Å². The number of fused-ring (bicyclic) bond motifs is 1. The molecule has 146 valence electrons. The van der Waals surface area contributed by atoms with Crippen molar-refractivity contribution in [2.24, 2.45) is 0 Å². The Morgan fingerprint density at radius 2 is 2.04 bits per heavy atom. The van der Waals surface area contributed by atoms with Crippen molar-refractivity contribution in [2.45, 2.75) is 31.9 Å². The number of imidazole rings is 1. The number of carbonyl (C=O) groups excluding carboxylic acids is 1. The SMILES string of the molecule is CC1(C)COC(c2ccccc2)CN1C(=O)c1c(C(F)F)nc2cnccn12. The van der Waals surface area contributed by atoms with E-state index in [-0.39, 0.29) is 24.0 Å². The van der Waals surface area contributed by atoms with E-state index in [1.165, 1.54) is 23.0 Å². The summed E-state index contributed by atoms with van der Waals surface area (Å²) in [6, 6.07) is 9.56. The number of halogens is 2. The standard InChI is InChI=1S/C20H20F2N4O2/c1-20(2)12-28-14(13-6-4-3-5-7-13)11-26(20)19(27)17-16(18(21)22)24-15-10-23-8-9-25(15)17/h3-10,14,18H,11-12H2,1-2H3. The van der Waals surface area contributed by atoms with Gasteiger partial charge >= 0.3 is 0 Å². The first-order chi connectivity index (χ1) is 13.4. The number of nitrogens with zero attached hydrogens (tertiary/aromatic N) is 4. The number of rotatable bonds is 3. The Kier molecular flexibility index (Phi) is 4.58. The summed E-state index contributed by atoms with van der Waals surface area (Å²) >= 11 is 0. The van der Waals surface area contributed by atoms with Crippen LogP contribution in [0.4, 0.5) is 8.78 Å². The summed E-state index contributed by atoms with van der Waals surface area (Å²) in [4.78, 5) is 22.9. The van der Waals surface area contributed by atoms with Crippen LogP contribution >= 0.6 is 0 Å². The first kappa shape index (κ1) is 18.5. The van der Waals surface area contributed by atoms with E-state index in [0.29, 0.717) is 6.61 Å². The Balaban J connectivity index is 1.75. The summed E-state index contributed by atoms with van der Waals surface area (Å²) in [7, 11) is 0. The van der Waals surface area contributed by atoms with E-state index in [1.807, 2.05) is 44.2 Å². The van der Waals surface area contributed by atoms with Crippen LogP contribution in [0, 0.1) is 0 Å². The number of amides is 1.